The molecule has 2 N–H and O–H groups in total. The number of alkyl halides is 3. The number of nitro groups is 1. The van der Waals surface area contributed by atoms with Crippen LogP contribution in [0.3, 0.4) is 0 Å². The van der Waals surface area contributed by atoms with Gasteiger partial charge in [-0.25, -0.2) is 4.79 Å². The van der Waals surface area contributed by atoms with Crippen LogP contribution in [-0.2, 0) is 25.2 Å². The Morgan fingerprint density at radius 1 is 1.32 bits per heavy atom. The standard InChI is InChI=1S/C16H18F3N3O6/c17-16(18,19)10-3-4-11(12(8-10)22(25)26)20-5-6-21-14(23)9-28-15(24)13-2-1-7-27-13/h3-4,8,13,20H,1-2,5-7,9H2,(H,21,23)/t13-/m0/s1. The molecular formula is C16H18F3N3O6. The number of hydrogen-bond donors (Lipinski definition) is 2. The number of anilines is 1. The van der Waals surface area contributed by atoms with Crippen LogP contribution in [-0.4, -0.2) is 49.2 Å². The molecule has 0 aromatic heterocycles. The second-order valence-electron chi connectivity index (χ2n) is 5.87. The normalized spacial score (nSPS) is 16.5. The summed E-state index contributed by atoms with van der Waals surface area (Å²) in [5.74, 6) is -1.21. The second kappa shape index (κ2) is 9.35. The van der Waals surface area contributed by atoms with E-state index in [-0.39, 0.29) is 18.8 Å². The van der Waals surface area contributed by atoms with Crippen LogP contribution in [0.1, 0.15) is 18.4 Å². The molecule has 1 aliphatic heterocycles. The molecule has 28 heavy (non-hydrogen) atoms. The van der Waals surface area contributed by atoms with Crippen molar-refractivity contribution < 1.29 is 37.2 Å². The van der Waals surface area contributed by atoms with E-state index in [0.717, 1.165) is 18.6 Å². The minimum Gasteiger partial charge on any atom is -0.454 e. The van der Waals surface area contributed by atoms with Crippen molar-refractivity contribution in [1.82, 2.24) is 5.32 Å². The molecule has 1 amide bonds. The van der Waals surface area contributed by atoms with Gasteiger partial charge < -0.3 is 20.1 Å². The van der Waals surface area contributed by atoms with Crippen molar-refractivity contribution in [3.8, 4) is 0 Å². The summed E-state index contributed by atoms with van der Waals surface area (Å²) in [5, 5.41) is 16.0. The fraction of sp³-hybridized carbons (Fsp3) is 0.500. The summed E-state index contributed by atoms with van der Waals surface area (Å²) in [4.78, 5) is 33.2. The number of esters is 1. The third-order valence-corrected chi connectivity index (χ3v) is 3.82. The van der Waals surface area contributed by atoms with Crippen LogP contribution in [0.5, 0.6) is 0 Å². The van der Waals surface area contributed by atoms with Gasteiger partial charge in [-0.15, -0.1) is 0 Å². The van der Waals surface area contributed by atoms with E-state index in [0.29, 0.717) is 19.1 Å². The van der Waals surface area contributed by atoms with Gasteiger partial charge in [0, 0.05) is 25.8 Å². The van der Waals surface area contributed by atoms with Crippen LogP contribution in [0.4, 0.5) is 24.5 Å². The molecule has 1 aromatic rings. The average Bonchev–Trinajstić information content (AvgIpc) is 3.17. The third kappa shape index (κ3) is 6.08. The molecule has 0 unspecified atom stereocenters. The van der Waals surface area contributed by atoms with Crippen LogP contribution < -0.4 is 10.6 Å². The minimum absolute atomic E-state index is 0.00842. The molecular weight excluding hydrogens is 387 g/mol. The van der Waals surface area contributed by atoms with Crippen molar-refractivity contribution in [3.63, 3.8) is 0 Å². The number of halogens is 3. The zero-order valence-corrected chi connectivity index (χ0v) is 14.6. The van der Waals surface area contributed by atoms with Crippen LogP contribution >= 0.6 is 0 Å². The maximum absolute atomic E-state index is 12.7. The number of ether oxygens (including phenoxy) is 2. The number of carbonyl (C=O) groups excluding carboxylic acids is 2. The topological polar surface area (TPSA) is 120 Å². The van der Waals surface area contributed by atoms with E-state index in [4.69, 9.17) is 9.47 Å². The summed E-state index contributed by atoms with van der Waals surface area (Å²) in [6.45, 7) is -0.0149. The highest BCUT2D eigenvalue weighted by atomic mass is 19.4. The fourth-order valence-electron chi connectivity index (χ4n) is 2.45. The summed E-state index contributed by atoms with van der Waals surface area (Å²) < 4.78 is 47.9. The lowest BCUT2D eigenvalue weighted by Gasteiger charge is -2.12. The Bertz CT molecular complexity index is 735. The maximum atomic E-state index is 12.7. The van der Waals surface area contributed by atoms with Crippen molar-refractivity contribution in [1.29, 1.82) is 0 Å². The Morgan fingerprint density at radius 3 is 2.68 bits per heavy atom. The van der Waals surface area contributed by atoms with Crippen molar-refractivity contribution in [3.05, 3.63) is 33.9 Å². The lowest BCUT2D eigenvalue weighted by molar-refractivity contribution is -0.384. The predicted molar refractivity (Wildman–Crippen MR) is 89.5 cm³/mol. The highest BCUT2D eigenvalue weighted by molar-refractivity contribution is 5.82. The lowest BCUT2D eigenvalue weighted by atomic mass is 10.1. The van der Waals surface area contributed by atoms with Gasteiger partial charge in [-0.3, -0.25) is 14.9 Å². The monoisotopic (exact) mass is 405 g/mol. The van der Waals surface area contributed by atoms with Gasteiger partial charge in [0.15, 0.2) is 12.7 Å². The quantitative estimate of drug-likeness (QED) is 0.293. The second-order valence-corrected chi connectivity index (χ2v) is 5.87. The first kappa shape index (κ1) is 21.4. The van der Waals surface area contributed by atoms with Gasteiger partial charge in [-0.05, 0) is 25.0 Å². The van der Waals surface area contributed by atoms with Crippen molar-refractivity contribution in [2.75, 3.05) is 31.6 Å². The number of nitro benzene ring substituents is 1. The van der Waals surface area contributed by atoms with Crippen molar-refractivity contribution >= 4 is 23.3 Å². The molecule has 1 saturated heterocycles. The summed E-state index contributed by atoms with van der Waals surface area (Å²) in [7, 11) is 0. The highest BCUT2D eigenvalue weighted by Crippen LogP contribution is 2.34. The summed E-state index contributed by atoms with van der Waals surface area (Å²) in [5.41, 5.74) is -1.98. The predicted octanol–water partition coefficient (Wildman–Crippen LogP) is 1.86. The van der Waals surface area contributed by atoms with Gasteiger partial charge in [0.2, 0.25) is 0 Å². The number of amides is 1. The number of hydrogen-bond acceptors (Lipinski definition) is 7. The van der Waals surface area contributed by atoms with E-state index >= 15 is 0 Å². The van der Waals surface area contributed by atoms with Crippen LogP contribution in [0, 0.1) is 10.1 Å². The minimum atomic E-state index is -4.70. The number of benzene rings is 1. The van der Waals surface area contributed by atoms with Crippen LogP contribution in [0.2, 0.25) is 0 Å². The SMILES string of the molecule is O=C(COC(=O)[C@@H]1CCCO1)NCCNc1ccc(C(F)(F)F)cc1[N+](=O)[O-]. The van der Waals surface area contributed by atoms with Gasteiger partial charge in [-0.1, -0.05) is 0 Å². The van der Waals surface area contributed by atoms with E-state index in [1.54, 1.807) is 0 Å². The average molecular weight is 405 g/mol. The van der Waals surface area contributed by atoms with E-state index in [2.05, 4.69) is 10.6 Å². The molecule has 0 radical (unpaired) electrons. The van der Waals surface area contributed by atoms with Gasteiger partial charge >= 0.3 is 12.1 Å². The molecule has 1 aromatic carbocycles. The first-order valence-corrected chi connectivity index (χ1v) is 8.33. The summed E-state index contributed by atoms with van der Waals surface area (Å²) in [6, 6.07) is 2.11. The summed E-state index contributed by atoms with van der Waals surface area (Å²) >= 11 is 0. The number of nitrogens with zero attached hydrogens (tertiary/aromatic N) is 1. The van der Waals surface area contributed by atoms with Crippen LogP contribution in [0.25, 0.3) is 0 Å². The molecule has 1 fully saturated rings. The Hall–Kier alpha value is -2.89. The zero-order valence-electron chi connectivity index (χ0n) is 14.6. The fourth-order valence-corrected chi connectivity index (χ4v) is 2.45. The Morgan fingerprint density at radius 2 is 2.07 bits per heavy atom. The van der Waals surface area contributed by atoms with Gasteiger partial charge in [0.1, 0.15) is 5.69 Å². The first-order valence-electron chi connectivity index (χ1n) is 8.33. The molecule has 0 spiro atoms. The number of rotatable bonds is 8. The van der Waals surface area contributed by atoms with Gasteiger partial charge in [0.05, 0.1) is 10.5 Å². The molecule has 154 valence electrons. The number of nitrogens with one attached hydrogen (secondary N) is 2. The lowest BCUT2D eigenvalue weighted by Crippen LogP contribution is -2.34. The van der Waals surface area contributed by atoms with E-state index < -0.39 is 46.9 Å². The van der Waals surface area contributed by atoms with E-state index in [1.165, 1.54) is 0 Å². The zero-order chi connectivity index (χ0) is 20.7. The van der Waals surface area contributed by atoms with Crippen molar-refractivity contribution in [2.45, 2.75) is 25.1 Å². The Balaban J connectivity index is 1.77. The molecule has 12 heteroatoms. The molecule has 9 nitrogen and oxygen atoms in total. The molecule has 1 heterocycles. The summed E-state index contributed by atoms with van der Waals surface area (Å²) in [6.07, 6.45) is -4.07. The molecule has 0 bridgehead atoms. The third-order valence-electron chi connectivity index (χ3n) is 3.82. The first-order chi connectivity index (χ1) is 13.2. The largest absolute Gasteiger partial charge is 0.454 e. The Labute approximate surface area is 157 Å². The molecule has 1 atom stereocenters. The molecule has 1 aliphatic rings. The number of carbonyl (C=O) groups is 2. The maximum Gasteiger partial charge on any atom is 0.416 e. The Kier molecular flexibility index (Phi) is 7.15. The van der Waals surface area contributed by atoms with Crippen LogP contribution in [0.15, 0.2) is 18.2 Å². The van der Waals surface area contributed by atoms with Gasteiger partial charge in [-0.2, -0.15) is 13.2 Å². The molecule has 0 saturated carbocycles. The smallest absolute Gasteiger partial charge is 0.416 e. The van der Waals surface area contributed by atoms with E-state index in [1.807, 2.05) is 0 Å². The molecule has 0 aliphatic carbocycles. The van der Waals surface area contributed by atoms with E-state index in [9.17, 15) is 32.9 Å². The van der Waals surface area contributed by atoms with Gasteiger partial charge in [0.25, 0.3) is 11.6 Å². The molecule has 2 rings (SSSR count). The highest BCUT2D eigenvalue weighted by Gasteiger charge is 2.33. The van der Waals surface area contributed by atoms with Crippen molar-refractivity contribution in [2.24, 2.45) is 0 Å².